The molecule has 0 spiro atoms. The van der Waals surface area contributed by atoms with E-state index in [9.17, 15) is 24.0 Å². The number of amides is 3. The molecule has 0 aromatic rings. The molecule has 7 N–H and O–H groups in total. The van der Waals surface area contributed by atoms with Crippen molar-refractivity contribution in [3.8, 4) is 0 Å². The predicted octanol–water partition coefficient (Wildman–Crippen LogP) is -1.34. The number of aliphatic carboxylic acids is 2. The van der Waals surface area contributed by atoms with Gasteiger partial charge in [0.15, 0.2) is 0 Å². The fraction of sp³-hybridized carbons (Fsp3) is 0.706. The molecule has 0 saturated heterocycles. The Morgan fingerprint density at radius 3 is 1.93 bits per heavy atom. The normalized spacial score (nSPS) is 14.1. The van der Waals surface area contributed by atoms with Gasteiger partial charge in [-0.1, -0.05) is 27.7 Å². The van der Waals surface area contributed by atoms with Gasteiger partial charge in [-0.3, -0.25) is 19.2 Å². The zero-order valence-corrected chi connectivity index (χ0v) is 16.5. The Labute approximate surface area is 163 Å². The second-order valence-corrected chi connectivity index (χ2v) is 7.24. The molecule has 0 aromatic carbocycles. The van der Waals surface area contributed by atoms with Crippen LogP contribution in [0.25, 0.3) is 0 Å². The highest BCUT2D eigenvalue weighted by molar-refractivity contribution is 5.93. The maximum Gasteiger partial charge on any atom is 0.326 e. The van der Waals surface area contributed by atoms with Crippen molar-refractivity contribution >= 4 is 29.7 Å². The largest absolute Gasteiger partial charge is 0.481 e. The quantitative estimate of drug-likeness (QED) is 0.231. The number of hydrogen-bond acceptors (Lipinski definition) is 6. The lowest BCUT2D eigenvalue weighted by Crippen LogP contribution is -2.55. The Bertz CT molecular complexity index is 592. The number of nitrogens with one attached hydrogen (secondary N) is 3. The van der Waals surface area contributed by atoms with Crippen LogP contribution in [0.4, 0.5) is 0 Å². The Morgan fingerprint density at radius 1 is 0.929 bits per heavy atom. The molecule has 28 heavy (non-hydrogen) atoms. The maximum absolute atomic E-state index is 12.3. The van der Waals surface area contributed by atoms with Crippen LogP contribution in [-0.4, -0.2) is 64.5 Å². The predicted molar refractivity (Wildman–Crippen MR) is 99.0 cm³/mol. The fourth-order valence-electron chi connectivity index (χ4n) is 2.29. The molecule has 0 rings (SSSR count). The molecule has 0 fully saturated rings. The summed E-state index contributed by atoms with van der Waals surface area (Å²) in [6.45, 7) is 6.46. The van der Waals surface area contributed by atoms with Crippen molar-refractivity contribution in [3.05, 3.63) is 0 Å². The number of carboxylic acid groups (broad SMARTS) is 2. The highest BCUT2D eigenvalue weighted by Crippen LogP contribution is 2.05. The Kier molecular flexibility index (Phi) is 10.8. The van der Waals surface area contributed by atoms with Gasteiger partial charge < -0.3 is 31.9 Å². The molecule has 11 heteroatoms. The topological polar surface area (TPSA) is 188 Å². The highest BCUT2D eigenvalue weighted by Gasteiger charge is 2.28. The summed E-state index contributed by atoms with van der Waals surface area (Å²) in [4.78, 5) is 57.9. The average molecular weight is 402 g/mol. The minimum Gasteiger partial charge on any atom is -0.481 e. The molecule has 0 radical (unpaired) electrons. The number of nitrogens with two attached hydrogens (primary N) is 1. The first-order chi connectivity index (χ1) is 12.8. The number of carbonyl (C=O) groups is 5. The molecule has 11 nitrogen and oxygen atoms in total. The van der Waals surface area contributed by atoms with E-state index in [0.29, 0.717) is 0 Å². The first kappa shape index (κ1) is 25.3. The zero-order chi connectivity index (χ0) is 22.0. The maximum atomic E-state index is 12.3. The van der Waals surface area contributed by atoms with Gasteiger partial charge in [-0.25, -0.2) is 4.79 Å². The van der Waals surface area contributed by atoms with E-state index in [4.69, 9.17) is 15.9 Å². The van der Waals surface area contributed by atoms with Crippen molar-refractivity contribution in [2.45, 2.75) is 58.7 Å². The van der Waals surface area contributed by atoms with Gasteiger partial charge >= 0.3 is 11.9 Å². The van der Waals surface area contributed by atoms with Gasteiger partial charge in [0, 0.05) is 0 Å². The summed E-state index contributed by atoms with van der Waals surface area (Å²) in [5.41, 5.74) is 5.47. The number of carbonyl (C=O) groups excluding carboxylic acids is 3. The third-order valence-corrected chi connectivity index (χ3v) is 3.74. The van der Waals surface area contributed by atoms with E-state index in [1.807, 2.05) is 13.8 Å². The molecule has 3 atom stereocenters. The molecular formula is C17H30N4O7. The van der Waals surface area contributed by atoms with Gasteiger partial charge in [0.25, 0.3) is 0 Å². The molecule has 3 amide bonds. The van der Waals surface area contributed by atoms with E-state index in [1.54, 1.807) is 13.8 Å². The second kappa shape index (κ2) is 11.9. The van der Waals surface area contributed by atoms with E-state index in [1.165, 1.54) is 0 Å². The smallest absolute Gasteiger partial charge is 0.326 e. The zero-order valence-electron chi connectivity index (χ0n) is 16.5. The lowest BCUT2D eigenvalue weighted by atomic mass is 10.0. The standard InChI is InChI=1S/C17H30N4O7/c1-8(2)5-11(17(27)28)20-12(22)7-19-16(26)14(9(3)4)21-15(25)10(18)6-13(23)24/h8-11,14H,5-7,18H2,1-4H3,(H,19,26)(H,20,22)(H,21,25)(H,23,24)(H,27,28). The monoisotopic (exact) mass is 402 g/mol. The molecule has 0 aromatic heterocycles. The molecule has 0 aliphatic rings. The lowest BCUT2D eigenvalue weighted by Gasteiger charge is -2.23. The molecule has 0 aliphatic carbocycles. The van der Waals surface area contributed by atoms with E-state index in [0.717, 1.165) is 0 Å². The van der Waals surface area contributed by atoms with Crippen molar-refractivity contribution in [2.75, 3.05) is 6.54 Å². The minimum atomic E-state index is -1.32. The number of hydrogen-bond donors (Lipinski definition) is 6. The SMILES string of the molecule is CC(C)CC(NC(=O)CNC(=O)C(NC(=O)C(N)CC(=O)O)C(C)C)C(=O)O. The van der Waals surface area contributed by atoms with Crippen molar-refractivity contribution in [3.63, 3.8) is 0 Å². The molecule has 0 heterocycles. The first-order valence-corrected chi connectivity index (χ1v) is 8.92. The molecule has 3 unspecified atom stereocenters. The van der Waals surface area contributed by atoms with Crippen molar-refractivity contribution in [1.82, 2.24) is 16.0 Å². The van der Waals surface area contributed by atoms with E-state index in [-0.39, 0.29) is 18.3 Å². The van der Waals surface area contributed by atoms with Crippen LogP contribution in [0.1, 0.15) is 40.5 Å². The summed E-state index contributed by atoms with van der Waals surface area (Å²) in [6.07, 6.45) is -0.353. The Balaban J connectivity index is 4.76. The van der Waals surface area contributed by atoms with Crippen molar-refractivity contribution in [2.24, 2.45) is 17.6 Å². The average Bonchev–Trinajstić information content (AvgIpc) is 2.55. The van der Waals surface area contributed by atoms with E-state index in [2.05, 4.69) is 16.0 Å². The van der Waals surface area contributed by atoms with Crippen LogP contribution in [0.15, 0.2) is 0 Å². The molecule has 160 valence electrons. The minimum absolute atomic E-state index is 0.0477. The van der Waals surface area contributed by atoms with Crippen LogP contribution in [0, 0.1) is 11.8 Å². The summed E-state index contributed by atoms with van der Waals surface area (Å²) in [6, 6.07) is -3.42. The fourth-order valence-corrected chi connectivity index (χ4v) is 2.29. The third kappa shape index (κ3) is 9.86. The highest BCUT2D eigenvalue weighted by atomic mass is 16.4. The van der Waals surface area contributed by atoms with Crippen LogP contribution in [-0.2, 0) is 24.0 Å². The van der Waals surface area contributed by atoms with Crippen LogP contribution in [0.2, 0.25) is 0 Å². The summed E-state index contributed by atoms with van der Waals surface area (Å²) >= 11 is 0. The molecule has 0 saturated carbocycles. The number of rotatable bonds is 12. The van der Waals surface area contributed by atoms with Gasteiger partial charge in [-0.05, 0) is 18.3 Å². The molecular weight excluding hydrogens is 372 g/mol. The first-order valence-electron chi connectivity index (χ1n) is 8.92. The van der Waals surface area contributed by atoms with Crippen LogP contribution in [0.3, 0.4) is 0 Å². The van der Waals surface area contributed by atoms with Gasteiger partial charge in [-0.2, -0.15) is 0 Å². The van der Waals surface area contributed by atoms with Gasteiger partial charge in [-0.15, -0.1) is 0 Å². The summed E-state index contributed by atoms with van der Waals surface area (Å²) in [5.74, 6) is -4.89. The molecule has 0 aliphatic heterocycles. The summed E-state index contributed by atoms with van der Waals surface area (Å²) < 4.78 is 0. The Morgan fingerprint density at radius 2 is 1.50 bits per heavy atom. The van der Waals surface area contributed by atoms with Crippen LogP contribution < -0.4 is 21.7 Å². The van der Waals surface area contributed by atoms with Crippen molar-refractivity contribution < 1.29 is 34.2 Å². The summed E-state index contributed by atoms with van der Waals surface area (Å²) in [5, 5.41) is 24.8. The van der Waals surface area contributed by atoms with Gasteiger partial charge in [0.05, 0.1) is 19.0 Å². The van der Waals surface area contributed by atoms with E-state index >= 15 is 0 Å². The molecule has 0 bridgehead atoms. The third-order valence-electron chi connectivity index (χ3n) is 3.74. The number of carboxylic acids is 2. The lowest BCUT2D eigenvalue weighted by molar-refractivity contribution is -0.142. The van der Waals surface area contributed by atoms with Crippen LogP contribution >= 0.6 is 0 Å². The Hall–Kier alpha value is -2.69. The van der Waals surface area contributed by atoms with Crippen LogP contribution in [0.5, 0.6) is 0 Å². The van der Waals surface area contributed by atoms with Gasteiger partial charge in [0.2, 0.25) is 17.7 Å². The summed E-state index contributed by atoms with van der Waals surface area (Å²) in [7, 11) is 0. The van der Waals surface area contributed by atoms with Crippen molar-refractivity contribution in [1.29, 1.82) is 0 Å². The second-order valence-electron chi connectivity index (χ2n) is 7.24. The van der Waals surface area contributed by atoms with Gasteiger partial charge in [0.1, 0.15) is 12.1 Å². The van der Waals surface area contributed by atoms with E-state index < -0.39 is 60.8 Å².